The summed E-state index contributed by atoms with van der Waals surface area (Å²) in [4.78, 5) is 0. The lowest BCUT2D eigenvalue weighted by Crippen LogP contribution is -2.50. The number of benzene rings is 1. The van der Waals surface area contributed by atoms with Crippen LogP contribution in [0, 0.1) is 6.92 Å². The first-order valence-corrected chi connectivity index (χ1v) is 6.00. The van der Waals surface area contributed by atoms with E-state index in [0.29, 0.717) is 19.8 Å². The first-order chi connectivity index (χ1) is 8.29. The monoisotopic (exact) mass is 236 g/mol. The van der Waals surface area contributed by atoms with Crippen LogP contribution >= 0.6 is 0 Å². The normalized spacial score (nSPS) is 22.4. The van der Waals surface area contributed by atoms with Gasteiger partial charge in [-0.25, -0.2) is 0 Å². The van der Waals surface area contributed by atoms with Gasteiger partial charge in [0.15, 0.2) is 0 Å². The number of rotatable bonds is 4. The molecule has 94 valence electrons. The summed E-state index contributed by atoms with van der Waals surface area (Å²) in [5, 5.41) is 0. The molecule has 4 heteroatoms. The van der Waals surface area contributed by atoms with Crippen LogP contribution in [-0.2, 0) is 15.9 Å². The highest BCUT2D eigenvalue weighted by atomic mass is 16.6. The lowest BCUT2D eigenvalue weighted by atomic mass is 10.0. The lowest BCUT2D eigenvalue weighted by molar-refractivity contribution is -0.101. The second kappa shape index (κ2) is 6.12. The van der Waals surface area contributed by atoms with E-state index in [1.165, 1.54) is 11.1 Å². The Kier molecular flexibility index (Phi) is 4.50. The molecule has 0 spiro atoms. The largest absolute Gasteiger partial charge is 0.376 e. The Morgan fingerprint density at radius 1 is 1.35 bits per heavy atom. The molecular formula is C13H20N2O2. The van der Waals surface area contributed by atoms with Crippen molar-refractivity contribution in [1.29, 1.82) is 0 Å². The van der Waals surface area contributed by atoms with Crippen molar-refractivity contribution >= 4 is 0 Å². The van der Waals surface area contributed by atoms with E-state index in [2.05, 4.69) is 36.6 Å². The van der Waals surface area contributed by atoms with Gasteiger partial charge in [-0.1, -0.05) is 29.8 Å². The molecule has 2 rings (SSSR count). The van der Waals surface area contributed by atoms with E-state index < -0.39 is 0 Å². The Morgan fingerprint density at radius 2 is 2.12 bits per heavy atom. The summed E-state index contributed by atoms with van der Waals surface area (Å²) in [6.07, 6.45) is 0.889. The third-order valence-corrected chi connectivity index (χ3v) is 3.08. The Labute approximate surface area is 102 Å². The molecule has 1 saturated heterocycles. The van der Waals surface area contributed by atoms with E-state index in [1.807, 2.05) is 0 Å². The summed E-state index contributed by atoms with van der Waals surface area (Å²) in [6.45, 7) is 4.02. The summed E-state index contributed by atoms with van der Waals surface area (Å²) >= 11 is 0. The molecule has 0 saturated carbocycles. The number of hydrazine groups is 1. The van der Waals surface area contributed by atoms with E-state index in [0.717, 1.165) is 6.42 Å². The van der Waals surface area contributed by atoms with Crippen LogP contribution in [0.5, 0.6) is 0 Å². The lowest BCUT2D eigenvalue weighted by Gasteiger charge is -2.30. The zero-order valence-corrected chi connectivity index (χ0v) is 10.2. The molecule has 1 aromatic carbocycles. The van der Waals surface area contributed by atoms with Crippen molar-refractivity contribution < 1.29 is 9.47 Å². The van der Waals surface area contributed by atoms with Crippen LogP contribution in [0.2, 0.25) is 0 Å². The van der Waals surface area contributed by atoms with Gasteiger partial charge >= 0.3 is 0 Å². The van der Waals surface area contributed by atoms with Crippen LogP contribution in [-0.4, -0.2) is 32.0 Å². The van der Waals surface area contributed by atoms with E-state index >= 15 is 0 Å². The predicted molar refractivity (Wildman–Crippen MR) is 66.6 cm³/mol. The van der Waals surface area contributed by atoms with Crippen molar-refractivity contribution in [2.45, 2.75) is 25.5 Å². The zero-order valence-electron chi connectivity index (χ0n) is 10.2. The molecule has 1 aliphatic heterocycles. The molecule has 1 fully saturated rings. The Morgan fingerprint density at radius 3 is 2.71 bits per heavy atom. The minimum Gasteiger partial charge on any atom is -0.376 e. The minimum atomic E-state index is 0.0371. The number of aryl methyl sites for hydroxylation is 1. The quantitative estimate of drug-likeness (QED) is 0.599. The summed E-state index contributed by atoms with van der Waals surface area (Å²) in [5.74, 6) is 5.60. The number of hydrogen-bond donors (Lipinski definition) is 2. The third-order valence-electron chi connectivity index (χ3n) is 3.08. The molecule has 2 unspecified atom stereocenters. The van der Waals surface area contributed by atoms with Crippen molar-refractivity contribution in [1.82, 2.24) is 5.43 Å². The topological polar surface area (TPSA) is 56.5 Å². The molecule has 4 nitrogen and oxygen atoms in total. The summed E-state index contributed by atoms with van der Waals surface area (Å²) < 4.78 is 11.1. The Bertz CT molecular complexity index is 334. The van der Waals surface area contributed by atoms with Crippen molar-refractivity contribution in [3.8, 4) is 0 Å². The van der Waals surface area contributed by atoms with Gasteiger partial charge in [-0.05, 0) is 18.9 Å². The first kappa shape index (κ1) is 12.5. The molecular weight excluding hydrogens is 216 g/mol. The molecule has 1 aliphatic rings. The molecule has 0 amide bonds. The van der Waals surface area contributed by atoms with Gasteiger partial charge in [-0.2, -0.15) is 0 Å². The van der Waals surface area contributed by atoms with Gasteiger partial charge in [-0.15, -0.1) is 0 Å². The predicted octanol–water partition coefficient (Wildman–Crippen LogP) is 0.785. The smallest absolute Gasteiger partial charge is 0.0978 e. The summed E-state index contributed by atoms with van der Waals surface area (Å²) in [7, 11) is 0. The van der Waals surface area contributed by atoms with Crippen LogP contribution < -0.4 is 11.3 Å². The zero-order chi connectivity index (χ0) is 12.1. The number of hydrogen-bond acceptors (Lipinski definition) is 4. The van der Waals surface area contributed by atoms with Crippen LogP contribution in [0.1, 0.15) is 11.1 Å². The second-order valence-electron chi connectivity index (χ2n) is 4.45. The molecule has 0 bridgehead atoms. The SMILES string of the molecule is Cc1ccc(CC(NN)C2COCCO2)cc1. The summed E-state index contributed by atoms with van der Waals surface area (Å²) in [6, 6.07) is 8.58. The van der Waals surface area contributed by atoms with Gasteiger partial charge in [0.1, 0.15) is 0 Å². The van der Waals surface area contributed by atoms with Crippen molar-refractivity contribution in [2.75, 3.05) is 19.8 Å². The van der Waals surface area contributed by atoms with Gasteiger partial charge in [0.05, 0.1) is 32.0 Å². The maximum Gasteiger partial charge on any atom is 0.0978 e. The molecule has 3 N–H and O–H groups in total. The summed E-state index contributed by atoms with van der Waals surface area (Å²) in [5.41, 5.74) is 5.35. The van der Waals surface area contributed by atoms with E-state index in [-0.39, 0.29) is 12.1 Å². The Hall–Kier alpha value is -0.940. The fraction of sp³-hybridized carbons (Fsp3) is 0.538. The van der Waals surface area contributed by atoms with Crippen LogP contribution in [0.15, 0.2) is 24.3 Å². The molecule has 0 aromatic heterocycles. The van der Waals surface area contributed by atoms with E-state index in [1.54, 1.807) is 0 Å². The van der Waals surface area contributed by atoms with Crippen molar-refractivity contribution in [3.63, 3.8) is 0 Å². The standard InChI is InChI=1S/C13H20N2O2/c1-10-2-4-11(5-3-10)8-12(15-14)13-9-16-6-7-17-13/h2-5,12-13,15H,6-9,14H2,1H3. The molecule has 17 heavy (non-hydrogen) atoms. The first-order valence-electron chi connectivity index (χ1n) is 6.00. The molecule has 1 aromatic rings. The average Bonchev–Trinajstić information content (AvgIpc) is 2.39. The second-order valence-corrected chi connectivity index (χ2v) is 4.45. The highest BCUT2D eigenvalue weighted by Gasteiger charge is 2.24. The third kappa shape index (κ3) is 3.51. The van der Waals surface area contributed by atoms with Crippen LogP contribution in [0.25, 0.3) is 0 Å². The number of nitrogens with two attached hydrogens (primary N) is 1. The van der Waals surface area contributed by atoms with Crippen LogP contribution in [0.4, 0.5) is 0 Å². The van der Waals surface area contributed by atoms with E-state index in [9.17, 15) is 0 Å². The molecule has 2 atom stereocenters. The van der Waals surface area contributed by atoms with Gasteiger partial charge < -0.3 is 9.47 Å². The van der Waals surface area contributed by atoms with Crippen molar-refractivity contribution in [3.05, 3.63) is 35.4 Å². The highest BCUT2D eigenvalue weighted by molar-refractivity contribution is 5.22. The molecule has 0 aliphatic carbocycles. The fourth-order valence-electron chi connectivity index (χ4n) is 2.01. The number of nitrogens with one attached hydrogen (secondary N) is 1. The Balaban J connectivity index is 1.96. The van der Waals surface area contributed by atoms with E-state index in [4.69, 9.17) is 15.3 Å². The maximum atomic E-state index is 5.66. The molecule has 1 heterocycles. The average molecular weight is 236 g/mol. The van der Waals surface area contributed by atoms with Gasteiger partial charge in [0.2, 0.25) is 0 Å². The van der Waals surface area contributed by atoms with Crippen molar-refractivity contribution in [2.24, 2.45) is 5.84 Å². The van der Waals surface area contributed by atoms with Gasteiger partial charge in [-0.3, -0.25) is 11.3 Å². The number of ether oxygens (including phenoxy) is 2. The van der Waals surface area contributed by atoms with Crippen LogP contribution in [0.3, 0.4) is 0 Å². The van der Waals surface area contributed by atoms with Gasteiger partial charge in [0, 0.05) is 0 Å². The molecule has 0 radical (unpaired) electrons. The maximum absolute atomic E-state index is 5.66. The minimum absolute atomic E-state index is 0.0371. The fourth-order valence-corrected chi connectivity index (χ4v) is 2.01. The van der Waals surface area contributed by atoms with Gasteiger partial charge in [0.25, 0.3) is 0 Å². The highest BCUT2D eigenvalue weighted by Crippen LogP contribution is 2.12.